The Hall–Kier alpha value is -2.04. The van der Waals surface area contributed by atoms with Crippen molar-refractivity contribution in [1.82, 2.24) is 4.90 Å². The minimum atomic E-state index is 0.0431. The molecule has 3 aromatic carbocycles. The molecule has 5 heteroatoms. The molecule has 4 rings (SSSR count). The number of anilines is 1. The molecule has 0 unspecified atom stereocenters. The van der Waals surface area contributed by atoms with E-state index in [1.54, 1.807) is 7.11 Å². The summed E-state index contributed by atoms with van der Waals surface area (Å²) in [6, 6.07) is 25.1. The average Bonchev–Trinajstić information content (AvgIpc) is 2.79. The van der Waals surface area contributed by atoms with Crippen molar-refractivity contribution in [3.05, 3.63) is 99.5 Å². The summed E-state index contributed by atoms with van der Waals surface area (Å²) in [6.45, 7) is 5.64. The monoisotopic (exact) mass is 454 g/mol. The molecule has 0 spiro atoms. The zero-order valence-electron chi connectivity index (χ0n) is 18.0. The van der Waals surface area contributed by atoms with Gasteiger partial charge in [0.05, 0.1) is 22.9 Å². The molecular formula is C26H28Cl2N2O. The Morgan fingerprint density at radius 1 is 0.968 bits per heavy atom. The lowest BCUT2D eigenvalue weighted by atomic mass is 10.00. The van der Waals surface area contributed by atoms with E-state index in [4.69, 9.17) is 27.9 Å². The van der Waals surface area contributed by atoms with Crippen molar-refractivity contribution in [3.8, 4) is 0 Å². The van der Waals surface area contributed by atoms with Crippen LogP contribution in [-0.4, -0.2) is 38.2 Å². The van der Waals surface area contributed by atoms with Gasteiger partial charge in [-0.25, -0.2) is 0 Å². The zero-order chi connectivity index (χ0) is 21.8. The summed E-state index contributed by atoms with van der Waals surface area (Å²) in [5, 5.41) is 1.55. The van der Waals surface area contributed by atoms with E-state index in [2.05, 4.69) is 65.3 Å². The second-order valence-corrected chi connectivity index (χ2v) is 8.95. The first-order valence-electron chi connectivity index (χ1n) is 10.6. The van der Waals surface area contributed by atoms with Crippen molar-refractivity contribution in [1.29, 1.82) is 0 Å². The highest BCUT2D eigenvalue weighted by Gasteiger charge is 2.31. The van der Waals surface area contributed by atoms with Crippen molar-refractivity contribution in [2.24, 2.45) is 0 Å². The van der Waals surface area contributed by atoms with E-state index < -0.39 is 0 Å². The lowest BCUT2D eigenvalue weighted by Gasteiger charge is -2.44. The molecule has 0 radical (unpaired) electrons. The van der Waals surface area contributed by atoms with Gasteiger partial charge in [-0.2, -0.15) is 0 Å². The third-order valence-electron chi connectivity index (χ3n) is 6.01. The van der Waals surface area contributed by atoms with Crippen LogP contribution in [0.4, 0.5) is 5.69 Å². The molecule has 3 nitrogen and oxygen atoms in total. The first-order valence-corrected chi connectivity index (χ1v) is 11.4. The SMILES string of the molecule is CO[C@H](CN1CCN(c2ccc(C)cc2Cl)[C@H](c2ccc(Cl)cc2)C1)c1ccccc1. The highest BCUT2D eigenvalue weighted by molar-refractivity contribution is 6.33. The third-order valence-corrected chi connectivity index (χ3v) is 6.57. The molecule has 0 N–H and O–H groups in total. The number of methoxy groups -OCH3 is 1. The number of halogens is 2. The van der Waals surface area contributed by atoms with Crippen LogP contribution in [0.1, 0.15) is 28.8 Å². The number of aryl methyl sites for hydroxylation is 1. The smallest absolute Gasteiger partial charge is 0.0947 e. The fourth-order valence-electron chi connectivity index (χ4n) is 4.33. The summed E-state index contributed by atoms with van der Waals surface area (Å²) in [5.74, 6) is 0. The summed E-state index contributed by atoms with van der Waals surface area (Å²) in [5.41, 5.74) is 4.69. The van der Waals surface area contributed by atoms with Crippen LogP contribution in [0, 0.1) is 6.92 Å². The summed E-state index contributed by atoms with van der Waals surface area (Å²) < 4.78 is 5.85. The number of hydrogen-bond acceptors (Lipinski definition) is 3. The number of nitrogens with zero attached hydrogens (tertiary/aromatic N) is 2. The van der Waals surface area contributed by atoms with Crippen molar-refractivity contribution in [2.75, 3.05) is 38.2 Å². The lowest BCUT2D eigenvalue weighted by molar-refractivity contribution is 0.0566. The average molecular weight is 455 g/mol. The van der Waals surface area contributed by atoms with Gasteiger partial charge in [0.25, 0.3) is 0 Å². The minimum absolute atomic E-state index is 0.0431. The number of benzene rings is 3. The number of rotatable bonds is 6. The second-order valence-electron chi connectivity index (χ2n) is 8.11. The van der Waals surface area contributed by atoms with E-state index in [0.29, 0.717) is 0 Å². The Kier molecular flexibility index (Phi) is 7.19. The summed E-state index contributed by atoms with van der Waals surface area (Å²) >= 11 is 12.8. The number of hydrogen-bond donors (Lipinski definition) is 0. The van der Waals surface area contributed by atoms with Gasteiger partial charge < -0.3 is 9.64 Å². The van der Waals surface area contributed by atoms with Crippen LogP contribution < -0.4 is 4.90 Å². The number of piperazine rings is 1. The zero-order valence-corrected chi connectivity index (χ0v) is 19.5. The van der Waals surface area contributed by atoms with Crippen LogP contribution in [0.15, 0.2) is 72.8 Å². The van der Waals surface area contributed by atoms with Crippen molar-refractivity contribution < 1.29 is 4.74 Å². The van der Waals surface area contributed by atoms with Gasteiger partial charge in [-0.15, -0.1) is 0 Å². The van der Waals surface area contributed by atoms with Crippen LogP contribution >= 0.6 is 23.2 Å². The maximum Gasteiger partial charge on any atom is 0.0947 e. The Labute approximate surface area is 195 Å². The maximum absolute atomic E-state index is 6.67. The molecule has 3 aromatic rings. The Morgan fingerprint density at radius 2 is 1.71 bits per heavy atom. The Bertz CT molecular complexity index is 994. The van der Waals surface area contributed by atoms with Gasteiger partial charge >= 0.3 is 0 Å². The highest BCUT2D eigenvalue weighted by Crippen LogP contribution is 2.36. The van der Waals surface area contributed by atoms with Crippen molar-refractivity contribution >= 4 is 28.9 Å². The van der Waals surface area contributed by atoms with Gasteiger partial charge in [0, 0.05) is 38.3 Å². The van der Waals surface area contributed by atoms with E-state index in [1.165, 1.54) is 16.7 Å². The Morgan fingerprint density at radius 3 is 2.39 bits per heavy atom. The van der Waals surface area contributed by atoms with Crippen molar-refractivity contribution in [2.45, 2.75) is 19.1 Å². The van der Waals surface area contributed by atoms with Gasteiger partial charge in [-0.3, -0.25) is 4.90 Å². The van der Waals surface area contributed by atoms with Gasteiger partial charge in [-0.1, -0.05) is 71.7 Å². The number of ether oxygens (including phenoxy) is 1. The molecule has 0 amide bonds. The second kappa shape index (κ2) is 10.1. The minimum Gasteiger partial charge on any atom is -0.375 e. The fraction of sp³-hybridized carbons (Fsp3) is 0.308. The molecule has 1 fully saturated rings. The molecule has 0 aliphatic carbocycles. The molecule has 1 heterocycles. The van der Waals surface area contributed by atoms with Crippen LogP contribution in [0.2, 0.25) is 10.0 Å². The van der Waals surface area contributed by atoms with E-state index in [9.17, 15) is 0 Å². The molecule has 0 saturated carbocycles. The van der Waals surface area contributed by atoms with Gasteiger partial charge in [0.2, 0.25) is 0 Å². The molecule has 162 valence electrons. The van der Waals surface area contributed by atoms with Gasteiger partial charge in [-0.05, 0) is 47.9 Å². The quantitative estimate of drug-likeness (QED) is 0.419. The third kappa shape index (κ3) is 5.24. The van der Waals surface area contributed by atoms with E-state index in [0.717, 1.165) is 41.9 Å². The molecule has 1 saturated heterocycles. The topological polar surface area (TPSA) is 15.7 Å². The van der Waals surface area contributed by atoms with Gasteiger partial charge in [0.15, 0.2) is 0 Å². The summed E-state index contributed by atoms with van der Waals surface area (Å²) in [4.78, 5) is 4.91. The predicted octanol–water partition coefficient (Wildman–Crippen LogP) is 6.55. The highest BCUT2D eigenvalue weighted by atomic mass is 35.5. The fourth-order valence-corrected chi connectivity index (χ4v) is 4.80. The maximum atomic E-state index is 6.67. The largest absolute Gasteiger partial charge is 0.375 e. The van der Waals surface area contributed by atoms with Crippen LogP contribution in [0.3, 0.4) is 0 Å². The molecule has 31 heavy (non-hydrogen) atoms. The van der Waals surface area contributed by atoms with Crippen molar-refractivity contribution in [3.63, 3.8) is 0 Å². The van der Waals surface area contributed by atoms with Crippen LogP contribution in [-0.2, 0) is 4.74 Å². The van der Waals surface area contributed by atoms with Gasteiger partial charge in [0.1, 0.15) is 0 Å². The molecular weight excluding hydrogens is 427 g/mol. The normalized spacial score (nSPS) is 18.2. The molecule has 0 bridgehead atoms. The first kappa shape index (κ1) is 22.2. The van der Waals surface area contributed by atoms with E-state index in [-0.39, 0.29) is 12.1 Å². The Balaban J connectivity index is 1.60. The lowest BCUT2D eigenvalue weighted by Crippen LogP contribution is -2.49. The molecule has 0 aromatic heterocycles. The first-order chi connectivity index (χ1) is 15.0. The van der Waals surface area contributed by atoms with E-state index in [1.807, 2.05) is 24.3 Å². The molecule has 2 atom stereocenters. The standard InChI is InChI=1S/C26H28Cl2N2O/c1-19-8-13-24(23(28)16-19)30-15-14-29(17-25(30)20-9-11-22(27)12-10-20)18-26(31-2)21-6-4-3-5-7-21/h3-13,16,25-26H,14-15,17-18H2,1-2H3/t25-,26+/m0/s1. The predicted molar refractivity (Wildman–Crippen MR) is 130 cm³/mol. The molecule has 1 aliphatic rings. The summed E-state index contributed by atoms with van der Waals surface area (Å²) in [6.07, 6.45) is 0.0431. The summed E-state index contributed by atoms with van der Waals surface area (Å²) in [7, 11) is 1.79. The van der Waals surface area contributed by atoms with Crippen LogP contribution in [0.5, 0.6) is 0 Å². The van der Waals surface area contributed by atoms with Crippen LogP contribution in [0.25, 0.3) is 0 Å². The van der Waals surface area contributed by atoms with E-state index >= 15 is 0 Å². The molecule has 1 aliphatic heterocycles.